The Morgan fingerprint density at radius 1 is 1.47 bits per heavy atom. The molecule has 0 unspecified atom stereocenters. The lowest BCUT2D eigenvalue weighted by Crippen LogP contribution is -2.08. The second-order valence-electron chi connectivity index (χ2n) is 4.36. The molecule has 5 nitrogen and oxygen atoms in total. The molecule has 5 heteroatoms. The summed E-state index contributed by atoms with van der Waals surface area (Å²) in [6.07, 6.45) is 1.61. The van der Waals surface area contributed by atoms with Gasteiger partial charge in [-0.15, -0.1) is 0 Å². The Balaban J connectivity index is 2.53. The number of fused-ring (bicyclic) bond motifs is 1. The van der Waals surface area contributed by atoms with Crippen molar-refractivity contribution in [1.29, 1.82) is 0 Å². The highest BCUT2D eigenvalue weighted by Crippen LogP contribution is 2.21. The molecule has 1 heterocycles. The molecule has 102 valence electrons. The van der Waals surface area contributed by atoms with E-state index in [1.54, 1.807) is 19.2 Å². The lowest BCUT2D eigenvalue weighted by molar-refractivity contribution is 0.0698. The summed E-state index contributed by atoms with van der Waals surface area (Å²) in [5, 5.41) is 9.30. The van der Waals surface area contributed by atoms with Gasteiger partial charge in [0.25, 0.3) is 0 Å². The second-order valence-corrected chi connectivity index (χ2v) is 4.36. The van der Waals surface area contributed by atoms with E-state index < -0.39 is 5.97 Å². The first-order valence-corrected chi connectivity index (χ1v) is 6.39. The number of hydrogen-bond acceptors (Lipinski definition) is 3. The second kappa shape index (κ2) is 5.84. The highest BCUT2D eigenvalue weighted by atomic mass is 16.5. The van der Waals surface area contributed by atoms with Crippen LogP contribution in [-0.2, 0) is 17.7 Å². The highest BCUT2D eigenvalue weighted by molar-refractivity contribution is 6.01. The summed E-state index contributed by atoms with van der Waals surface area (Å²) >= 11 is 0. The average Bonchev–Trinajstić information content (AvgIpc) is 2.77. The van der Waals surface area contributed by atoms with Crippen LogP contribution in [0.1, 0.15) is 29.5 Å². The maximum atomic E-state index is 11.3. The molecule has 0 fully saturated rings. The van der Waals surface area contributed by atoms with E-state index in [4.69, 9.17) is 4.74 Å². The molecule has 1 N–H and O–H groups in total. The number of para-hydroxylation sites is 1. The van der Waals surface area contributed by atoms with E-state index in [1.165, 1.54) is 0 Å². The summed E-state index contributed by atoms with van der Waals surface area (Å²) in [5.74, 6) is 0.000877. The normalized spacial score (nSPS) is 11.1. The predicted molar refractivity (Wildman–Crippen MR) is 72.6 cm³/mol. The van der Waals surface area contributed by atoms with Crippen LogP contribution in [0.2, 0.25) is 0 Å². The molecule has 0 atom stereocenters. The van der Waals surface area contributed by atoms with Gasteiger partial charge >= 0.3 is 5.97 Å². The van der Waals surface area contributed by atoms with Crippen LogP contribution >= 0.6 is 0 Å². The van der Waals surface area contributed by atoms with Crippen molar-refractivity contribution >= 4 is 17.0 Å². The van der Waals surface area contributed by atoms with Crippen molar-refractivity contribution in [2.75, 3.05) is 13.7 Å². The number of aryl methyl sites for hydroxylation is 2. The smallest absolute Gasteiger partial charge is 0.337 e. The van der Waals surface area contributed by atoms with Crippen LogP contribution < -0.4 is 0 Å². The third-order valence-electron chi connectivity index (χ3n) is 3.12. The van der Waals surface area contributed by atoms with Gasteiger partial charge in [-0.25, -0.2) is 9.78 Å². The van der Waals surface area contributed by atoms with E-state index in [0.717, 1.165) is 30.7 Å². The lowest BCUT2D eigenvalue weighted by atomic mass is 10.2. The van der Waals surface area contributed by atoms with Gasteiger partial charge in [0.05, 0.1) is 16.6 Å². The number of ether oxygens (including phenoxy) is 1. The van der Waals surface area contributed by atoms with Crippen molar-refractivity contribution in [2.24, 2.45) is 0 Å². The number of carbonyl (C=O) groups is 1. The van der Waals surface area contributed by atoms with Gasteiger partial charge in [0, 0.05) is 26.7 Å². The summed E-state index contributed by atoms with van der Waals surface area (Å²) in [4.78, 5) is 15.8. The summed E-state index contributed by atoms with van der Waals surface area (Å²) < 4.78 is 7.05. The minimum absolute atomic E-state index is 0.308. The van der Waals surface area contributed by atoms with Crippen LogP contribution in [0.5, 0.6) is 0 Å². The number of aromatic nitrogens is 2. The molecular formula is C14H18N2O3. The zero-order valence-corrected chi connectivity index (χ0v) is 11.2. The summed E-state index contributed by atoms with van der Waals surface area (Å²) in [6, 6.07) is 5.21. The Kier molecular flexibility index (Phi) is 4.16. The van der Waals surface area contributed by atoms with Gasteiger partial charge in [-0.05, 0) is 18.6 Å². The van der Waals surface area contributed by atoms with Gasteiger partial charge in [-0.3, -0.25) is 0 Å². The molecule has 0 aliphatic rings. The van der Waals surface area contributed by atoms with Crippen molar-refractivity contribution in [1.82, 2.24) is 9.55 Å². The molecule has 0 radical (unpaired) electrons. The molecule has 0 aliphatic carbocycles. The Morgan fingerprint density at radius 2 is 2.26 bits per heavy atom. The number of hydrogen-bond donors (Lipinski definition) is 1. The molecule has 1 aromatic heterocycles. The maximum absolute atomic E-state index is 11.3. The summed E-state index contributed by atoms with van der Waals surface area (Å²) in [6.45, 7) is 3.39. The molecule has 2 aromatic rings. The Hall–Kier alpha value is -1.88. The number of nitrogens with zero attached hydrogens (tertiary/aromatic N) is 2. The Bertz CT molecular complexity index is 590. The Labute approximate surface area is 111 Å². The number of imidazole rings is 1. The molecule has 0 amide bonds. The van der Waals surface area contributed by atoms with Crippen LogP contribution in [0.15, 0.2) is 18.2 Å². The Morgan fingerprint density at radius 3 is 2.89 bits per heavy atom. The fourth-order valence-electron chi connectivity index (χ4n) is 2.28. The predicted octanol–water partition coefficient (Wildman–Crippen LogP) is 2.33. The number of rotatable bonds is 6. The first-order valence-electron chi connectivity index (χ1n) is 6.39. The molecular weight excluding hydrogens is 244 g/mol. The van der Waals surface area contributed by atoms with E-state index in [0.29, 0.717) is 17.7 Å². The highest BCUT2D eigenvalue weighted by Gasteiger charge is 2.16. The lowest BCUT2D eigenvalue weighted by Gasteiger charge is -2.09. The molecule has 0 aliphatic heterocycles. The minimum atomic E-state index is -0.916. The van der Waals surface area contributed by atoms with Crippen LogP contribution in [0.25, 0.3) is 11.0 Å². The standard InChI is InChI=1S/C14H18N2O3/c1-3-12-15-11-7-4-6-10(14(17)18)13(11)16(12)8-5-9-19-2/h4,6-7H,3,5,8-9H2,1-2H3,(H,17,18). The van der Waals surface area contributed by atoms with Crippen LogP contribution in [0, 0.1) is 0 Å². The number of carboxylic acid groups (broad SMARTS) is 1. The van der Waals surface area contributed by atoms with E-state index >= 15 is 0 Å². The fourth-order valence-corrected chi connectivity index (χ4v) is 2.28. The third-order valence-corrected chi connectivity index (χ3v) is 3.12. The average molecular weight is 262 g/mol. The van der Waals surface area contributed by atoms with Crippen LogP contribution in [-0.4, -0.2) is 34.3 Å². The molecule has 2 rings (SSSR count). The van der Waals surface area contributed by atoms with Gasteiger partial charge < -0.3 is 14.4 Å². The molecule has 0 spiro atoms. The third kappa shape index (κ3) is 2.61. The molecule has 0 saturated heterocycles. The van der Waals surface area contributed by atoms with E-state index in [-0.39, 0.29) is 0 Å². The largest absolute Gasteiger partial charge is 0.478 e. The molecule has 0 bridgehead atoms. The number of benzene rings is 1. The van der Waals surface area contributed by atoms with Gasteiger partial charge in [0.15, 0.2) is 0 Å². The first-order chi connectivity index (χ1) is 9.19. The molecule has 19 heavy (non-hydrogen) atoms. The van der Waals surface area contributed by atoms with Crippen LogP contribution in [0.4, 0.5) is 0 Å². The van der Waals surface area contributed by atoms with Crippen LogP contribution in [0.3, 0.4) is 0 Å². The van der Waals surface area contributed by atoms with Crippen molar-refractivity contribution in [3.8, 4) is 0 Å². The fraction of sp³-hybridized carbons (Fsp3) is 0.429. The van der Waals surface area contributed by atoms with Crippen molar-refractivity contribution in [3.63, 3.8) is 0 Å². The summed E-state index contributed by atoms with van der Waals surface area (Å²) in [5.41, 5.74) is 1.76. The van der Waals surface area contributed by atoms with E-state index in [2.05, 4.69) is 4.98 Å². The van der Waals surface area contributed by atoms with Gasteiger partial charge in [0.2, 0.25) is 0 Å². The molecule has 0 saturated carbocycles. The number of methoxy groups -OCH3 is 1. The van der Waals surface area contributed by atoms with Crippen molar-refractivity contribution < 1.29 is 14.6 Å². The first kappa shape index (κ1) is 13.5. The van der Waals surface area contributed by atoms with Gasteiger partial charge in [-0.1, -0.05) is 13.0 Å². The zero-order chi connectivity index (χ0) is 13.8. The van der Waals surface area contributed by atoms with E-state index in [9.17, 15) is 9.90 Å². The maximum Gasteiger partial charge on any atom is 0.337 e. The SMILES string of the molecule is CCc1nc2cccc(C(=O)O)c2n1CCCOC. The van der Waals surface area contributed by atoms with Crippen molar-refractivity contribution in [3.05, 3.63) is 29.6 Å². The number of carboxylic acids is 1. The number of aromatic carboxylic acids is 1. The van der Waals surface area contributed by atoms with Gasteiger partial charge in [-0.2, -0.15) is 0 Å². The minimum Gasteiger partial charge on any atom is -0.478 e. The monoisotopic (exact) mass is 262 g/mol. The zero-order valence-electron chi connectivity index (χ0n) is 11.2. The summed E-state index contributed by atoms with van der Waals surface area (Å²) in [7, 11) is 1.66. The van der Waals surface area contributed by atoms with Crippen molar-refractivity contribution in [2.45, 2.75) is 26.3 Å². The molecule has 1 aromatic carbocycles. The van der Waals surface area contributed by atoms with Gasteiger partial charge in [0.1, 0.15) is 5.82 Å². The topological polar surface area (TPSA) is 64.3 Å². The quantitative estimate of drug-likeness (QED) is 0.811. The van der Waals surface area contributed by atoms with E-state index in [1.807, 2.05) is 17.6 Å².